The molecule has 1 aliphatic rings. The van der Waals surface area contributed by atoms with Gasteiger partial charge in [0.1, 0.15) is 0 Å². The van der Waals surface area contributed by atoms with Gasteiger partial charge in [0.15, 0.2) is 11.3 Å². The molecule has 0 bridgehead atoms. The van der Waals surface area contributed by atoms with Crippen LogP contribution in [0.15, 0.2) is 60.7 Å². The van der Waals surface area contributed by atoms with Crippen molar-refractivity contribution >= 4 is 23.9 Å². The molecule has 2 aromatic rings. The Balaban J connectivity index is 2.40. The molecule has 0 spiro atoms. The lowest BCUT2D eigenvalue weighted by Crippen LogP contribution is -2.51. The summed E-state index contributed by atoms with van der Waals surface area (Å²) in [4.78, 5) is 52.8. The number of esters is 4. The predicted molar refractivity (Wildman–Crippen MR) is 120 cm³/mol. The second-order valence-electron chi connectivity index (χ2n) is 8.16. The van der Waals surface area contributed by atoms with Gasteiger partial charge >= 0.3 is 23.9 Å². The predicted octanol–water partition coefficient (Wildman–Crippen LogP) is 2.87. The molecule has 1 aliphatic carbocycles. The number of rotatable bonds is 7. The fourth-order valence-electron chi connectivity index (χ4n) is 5.33. The van der Waals surface area contributed by atoms with Gasteiger partial charge in [-0.25, -0.2) is 0 Å². The lowest BCUT2D eigenvalue weighted by atomic mass is 9.66. The van der Waals surface area contributed by atoms with Crippen molar-refractivity contribution in [1.29, 1.82) is 0 Å². The number of benzene rings is 2. The Labute approximate surface area is 198 Å². The second kappa shape index (κ2) is 10.5. The van der Waals surface area contributed by atoms with Crippen LogP contribution in [0.1, 0.15) is 29.4 Å². The van der Waals surface area contributed by atoms with Crippen molar-refractivity contribution in [2.24, 2.45) is 17.3 Å². The Morgan fingerprint density at radius 1 is 0.706 bits per heavy atom. The molecule has 1 fully saturated rings. The molecule has 0 radical (unpaired) electrons. The summed E-state index contributed by atoms with van der Waals surface area (Å²) >= 11 is 0. The largest absolute Gasteiger partial charge is 0.468 e. The summed E-state index contributed by atoms with van der Waals surface area (Å²) in [6.07, 6.45) is -0.0366. The van der Waals surface area contributed by atoms with Gasteiger partial charge in [0.2, 0.25) is 0 Å². The summed E-state index contributed by atoms with van der Waals surface area (Å²) < 4.78 is 20.1. The molecule has 0 aliphatic heterocycles. The average molecular weight is 469 g/mol. The minimum absolute atomic E-state index is 0.0366. The van der Waals surface area contributed by atoms with E-state index in [2.05, 4.69) is 0 Å². The van der Waals surface area contributed by atoms with Gasteiger partial charge in [0, 0.05) is 5.92 Å². The van der Waals surface area contributed by atoms with E-state index < -0.39 is 53.0 Å². The van der Waals surface area contributed by atoms with Crippen molar-refractivity contribution in [2.75, 3.05) is 28.4 Å². The smallest absolute Gasteiger partial charge is 0.323 e. The zero-order chi connectivity index (χ0) is 24.9. The van der Waals surface area contributed by atoms with Crippen LogP contribution in [0.5, 0.6) is 0 Å². The number of ether oxygens (including phenoxy) is 4. The molecule has 8 heteroatoms. The molecule has 3 rings (SSSR count). The van der Waals surface area contributed by atoms with Crippen LogP contribution >= 0.6 is 0 Å². The van der Waals surface area contributed by atoms with Crippen LogP contribution in [0.4, 0.5) is 0 Å². The summed E-state index contributed by atoms with van der Waals surface area (Å²) in [7, 11) is 4.58. The van der Waals surface area contributed by atoms with E-state index in [4.69, 9.17) is 18.9 Å². The van der Waals surface area contributed by atoms with Gasteiger partial charge in [-0.3, -0.25) is 19.2 Å². The van der Waals surface area contributed by atoms with Crippen LogP contribution in [-0.2, 0) is 38.1 Å². The second-order valence-corrected chi connectivity index (χ2v) is 8.16. The van der Waals surface area contributed by atoms with Crippen LogP contribution in [0.2, 0.25) is 0 Å². The van der Waals surface area contributed by atoms with Crippen molar-refractivity contribution in [1.82, 2.24) is 0 Å². The molecule has 1 saturated carbocycles. The molecule has 0 aromatic heterocycles. The van der Waals surface area contributed by atoms with Crippen LogP contribution in [0, 0.1) is 17.3 Å². The standard InChI is InChI=1S/C26H28O8/c1-31-22(27)20(23(28)32-2)21-19(17-13-9-6-10-14-17)18(16-11-7-5-8-12-16)15-26(21,24(29)33-3)25(30)34-4/h5-14,18-21H,15H2,1-4H3/t18-,19+,21+/m1/s1. The topological polar surface area (TPSA) is 105 Å². The van der Waals surface area contributed by atoms with E-state index in [0.29, 0.717) is 0 Å². The van der Waals surface area contributed by atoms with Gasteiger partial charge in [0.05, 0.1) is 28.4 Å². The van der Waals surface area contributed by atoms with Gasteiger partial charge in [-0.2, -0.15) is 0 Å². The number of hydrogen-bond acceptors (Lipinski definition) is 8. The van der Waals surface area contributed by atoms with E-state index in [1.807, 2.05) is 60.7 Å². The third kappa shape index (κ3) is 4.16. The Hall–Kier alpha value is -3.68. The lowest BCUT2D eigenvalue weighted by Gasteiger charge is -2.35. The number of methoxy groups -OCH3 is 4. The third-order valence-corrected chi connectivity index (χ3v) is 6.71. The first-order valence-corrected chi connectivity index (χ1v) is 10.8. The maximum Gasteiger partial charge on any atom is 0.323 e. The summed E-state index contributed by atoms with van der Waals surface area (Å²) in [6.45, 7) is 0. The van der Waals surface area contributed by atoms with Crippen molar-refractivity contribution in [3.63, 3.8) is 0 Å². The first-order chi connectivity index (χ1) is 16.4. The summed E-state index contributed by atoms with van der Waals surface area (Å²) in [5.41, 5.74) is -0.379. The van der Waals surface area contributed by atoms with Gasteiger partial charge in [-0.15, -0.1) is 0 Å². The Kier molecular flexibility index (Phi) is 7.71. The van der Waals surface area contributed by atoms with Gasteiger partial charge in [-0.1, -0.05) is 60.7 Å². The van der Waals surface area contributed by atoms with E-state index >= 15 is 0 Å². The first-order valence-electron chi connectivity index (χ1n) is 10.8. The summed E-state index contributed by atoms with van der Waals surface area (Å²) in [5, 5.41) is 0. The molecule has 0 N–H and O–H groups in total. The first kappa shape index (κ1) is 25.0. The van der Waals surface area contributed by atoms with E-state index in [1.54, 1.807) is 0 Å². The zero-order valence-corrected chi connectivity index (χ0v) is 19.6. The number of carbonyl (C=O) groups is 4. The van der Waals surface area contributed by atoms with E-state index in [9.17, 15) is 19.2 Å². The zero-order valence-electron chi connectivity index (χ0n) is 19.6. The molecule has 0 amide bonds. The summed E-state index contributed by atoms with van der Waals surface area (Å²) in [5.74, 6) is -7.42. The van der Waals surface area contributed by atoms with Crippen LogP contribution in [0.25, 0.3) is 0 Å². The van der Waals surface area contributed by atoms with E-state index in [1.165, 1.54) is 0 Å². The Morgan fingerprint density at radius 3 is 1.56 bits per heavy atom. The maximum absolute atomic E-state index is 13.4. The molecule has 0 heterocycles. The molecule has 8 nitrogen and oxygen atoms in total. The SMILES string of the molecule is COC(=O)C(C(=O)OC)[C@@H]1[C@@H](c2ccccc2)[C@@H](c2ccccc2)CC1(C(=O)OC)C(=O)OC. The quantitative estimate of drug-likeness (QED) is 0.347. The van der Waals surface area contributed by atoms with E-state index in [0.717, 1.165) is 39.6 Å². The average Bonchev–Trinajstić information content (AvgIpc) is 3.25. The molecule has 0 saturated heterocycles. The minimum atomic E-state index is -1.96. The minimum Gasteiger partial charge on any atom is -0.468 e. The molecule has 34 heavy (non-hydrogen) atoms. The van der Waals surface area contributed by atoms with Crippen LogP contribution in [0.3, 0.4) is 0 Å². The highest BCUT2D eigenvalue weighted by Crippen LogP contribution is 2.62. The van der Waals surface area contributed by atoms with Crippen molar-refractivity contribution in [3.05, 3.63) is 71.8 Å². The highest BCUT2D eigenvalue weighted by atomic mass is 16.6. The van der Waals surface area contributed by atoms with E-state index in [-0.39, 0.29) is 6.42 Å². The third-order valence-electron chi connectivity index (χ3n) is 6.71. The number of hydrogen-bond donors (Lipinski definition) is 0. The highest BCUT2D eigenvalue weighted by Gasteiger charge is 2.69. The molecular formula is C26H28O8. The van der Waals surface area contributed by atoms with Crippen molar-refractivity contribution < 1.29 is 38.1 Å². The monoisotopic (exact) mass is 468 g/mol. The Morgan fingerprint density at radius 2 is 1.15 bits per heavy atom. The van der Waals surface area contributed by atoms with Gasteiger partial charge in [-0.05, 0) is 29.4 Å². The molecule has 180 valence electrons. The summed E-state index contributed by atoms with van der Waals surface area (Å²) in [6, 6.07) is 18.5. The van der Waals surface area contributed by atoms with Crippen LogP contribution in [-0.4, -0.2) is 52.3 Å². The number of carbonyl (C=O) groups excluding carboxylic acids is 4. The Bertz CT molecular complexity index is 1000. The maximum atomic E-state index is 13.4. The molecule has 3 atom stereocenters. The van der Waals surface area contributed by atoms with Gasteiger partial charge in [0.25, 0.3) is 0 Å². The molecule has 2 aromatic carbocycles. The molecular weight excluding hydrogens is 440 g/mol. The lowest BCUT2D eigenvalue weighted by molar-refractivity contribution is -0.178. The van der Waals surface area contributed by atoms with Crippen molar-refractivity contribution in [2.45, 2.75) is 18.3 Å². The van der Waals surface area contributed by atoms with Gasteiger partial charge < -0.3 is 18.9 Å². The molecule has 0 unspecified atom stereocenters. The van der Waals surface area contributed by atoms with Crippen LogP contribution < -0.4 is 0 Å². The normalized spacial score (nSPS) is 20.9. The highest BCUT2D eigenvalue weighted by molar-refractivity contribution is 6.04. The fourth-order valence-corrected chi connectivity index (χ4v) is 5.33. The van der Waals surface area contributed by atoms with Crippen molar-refractivity contribution in [3.8, 4) is 0 Å². The fraction of sp³-hybridized carbons (Fsp3) is 0.385.